The molecular formula is C10H12O3. The van der Waals surface area contributed by atoms with E-state index in [1.54, 1.807) is 6.08 Å². The van der Waals surface area contributed by atoms with Gasteiger partial charge in [-0.3, -0.25) is 4.79 Å². The lowest BCUT2D eigenvalue weighted by Gasteiger charge is -2.32. The van der Waals surface area contributed by atoms with Gasteiger partial charge in [-0.1, -0.05) is 6.08 Å². The van der Waals surface area contributed by atoms with Gasteiger partial charge in [-0.2, -0.15) is 0 Å². The van der Waals surface area contributed by atoms with Crippen molar-refractivity contribution in [1.82, 2.24) is 0 Å². The van der Waals surface area contributed by atoms with Crippen LogP contribution in [0.2, 0.25) is 0 Å². The second-order valence-corrected chi connectivity index (χ2v) is 3.66. The van der Waals surface area contributed by atoms with E-state index in [-0.39, 0.29) is 23.6 Å². The average molecular weight is 180 g/mol. The van der Waals surface area contributed by atoms with E-state index in [4.69, 9.17) is 0 Å². The zero-order valence-corrected chi connectivity index (χ0v) is 7.58. The summed E-state index contributed by atoms with van der Waals surface area (Å²) in [5, 5.41) is 0. The number of rotatable bonds is 1. The van der Waals surface area contributed by atoms with Crippen LogP contribution in [0.25, 0.3) is 0 Å². The molecule has 3 aliphatic rings. The summed E-state index contributed by atoms with van der Waals surface area (Å²) >= 11 is 0. The van der Waals surface area contributed by atoms with Crippen molar-refractivity contribution < 1.29 is 14.3 Å². The van der Waals surface area contributed by atoms with Crippen LogP contribution in [0.15, 0.2) is 11.6 Å². The van der Waals surface area contributed by atoms with Crippen LogP contribution in [0, 0.1) is 11.8 Å². The molecule has 3 aliphatic carbocycles. The van der Waals surface area contributed by atoms with Gasteiger partial charge in [-0.25, -0.2) is 4.79 Å². The molecule has 0 aromatic carbocycles. The third-order valence-corrected chi connectivity index (χ3v) is 2.93. The number of carbonyl (C=O) groups excluding carboxylic acids is 2. The Kier molecular flexibility index (Phi) is 1.94. The SMILES string of the molecule is COC(=O)C1=CC2CCC1CC2=O. The van der Waals surface area contributed by atoms with E-state index in [1.165, 1.54) is 7.11 Å². The standard InChI is InChI=1S/C10H12O3/c1-13-10(12)8-4-7-3-2-6(8)5-9(7)11/h4,6-7H,2-3,5H2,1H3. The highest BCUT2D eigenvalue weighted by Gasteiger charge is 2.37. The minimum absolute atomic E-state index is 0.0147. The molecule has 3 heteroatoms. The predicted molar refractivity (Wildman–Crippen MR) is 45.9 cm³/mol. The molecule has 1 fully saturated rings. The van der Waals surface area contributed by atoms with Crippen LogP contribution in [0.4, 0.5) is 0 Å². The number of Topliss-reactive ketones (excluding diaryl/α,β-unsaturated/α-hetero) is 1. The van der Waals surface area contributed by atoms with Crippen LogP contribution in [0.5, 0.6) is 0 Å². The molecule has 70 valence electrons. The van der Waals surface area contributed by atoms with Crippen LogP contribution >= 0.6 is 0 Å². The summed E-state index contributed by atoms with van der Waals surface area (Å²) in [7, 11) is 1.38. The highest BCUT2D eigenvalue weighted by atomic mass is 16.5. The van der Waals surface area contributed by atoms with Crippen molar-refractivity contribution in [2.45, 2.75) is 19.3 Å². The van der Waals surface area contributed by atoms with E-state index >= 15 is 0 Å². The van der Waals surface area contributed by atoms with Gasteiger partial charge in [0.15, 0.2) is 0 Å². The van der Waals surface area contributed by atoms with Gasteiger partial charge >= 0.3 is 5.97 Å². The smallest absolute Gasteiger partial charge is 0.333 e. The topological polar surface area (TPSA) is 43.4 Å². The Hall–Kier alpha value is -1.12. The van der Waals surface area contributed by atoms with E-state index < -0.39 is 0 Å². The van der Waals surface area contributed by atoms with Crippen molar-refractivity contribution in [3.05, 3.63) is 11.6 Å². The van der Waals surface area contributed by atoms with Crippen molar-refractivity contribution >= 4 is 11.8 Å². The molecule has 0 heterocycles. The molecule has 0 aromatic rings. The lowest BCUT2D eigenvalue weighted by molar-refractivity contribution is -0.137. The molecule has 0 amide bonds. The maximum atomic E-state index is 11.3. The quantitative estimate of drug-likeness (QED) is 0.567. The molecule has 0 N–H and O–H groups in total. The predicted octanol–water partition coefficient (Wildman–Crippen LogP) is 1.08. The Labute approximate surface area is 76.8 Å². The van der Waals surface area contributed by atoms with Crippen LogP contribution < -0.4 is 0 Å². The molecule has 0 aromatic heterocycles. The Morgan fingerprint density at radius 3 is 2.77 bits per heavy atom. The highest BCUT2D eigenvalue weighted by molar-refractivity contribution is 5.95. The number of ketones is 1. The molecule has 2 unspecified atom stereocenters. The fourth-order valence-corrected chi connectivity index (χ4v) is 2.19. The Morgan fingerprint density at radius 1 is 1.54 bits per heavy atom. The van der Waals surface area contributed by atoms with E-state index in [1.807, 2.05) is 0 Å². The van der Waals surface area contributed by atoms with E-state index in [0.717, 1.165) is 18.4 Å². The normalized spacial score (nSPS) is 31.5. The van der Waals surface area contributed by atoms with E-state index in [0.29, 0.717) is 6.42 Å². The van der Waals surface area contributed by atoms with Gasteiger partial charge in [-0.15, -0.1) is 0 Å². The first-order valence-corrected chi connectivity index (χ1v) is 4.55. The number of hydrogen-bond donors (Lipinski definition) is 0. The van der Waals surface area contributed by atoms with Crippen molar-refractivity contribution in [1.29, 1.82) is 0 Å². The van der Waals surface area contributed by atoms with Gasteiger partial charge in [0, 0.05) is 17.9 Å². The minimum atomic E-state index is -0.262. The molecule has 13 heavy (non-hydrogen) atoms. The lowest BCUT2D eigenvalue weighted by Crippen LogP contribution is -2.33. The molecule has 2 bridgehead atoms. The van der Waals surface area contributed by atoms with Crippen LogP contribution in [0.3, 0.4) is 0 Å². The number of allylic oxidation sites excluding steroid dienone is 1. The molecule has 3 nitrogen and oxygen atoms in total. The first-order valence-electron chi connectivity index (χ1n) is 4.55. The van der Waals surface area contributed by atoms with Crippen LogP contribution in [0.1, 0.15) is 19.3 Å². The van der Waals surface area contributed by atoms with Crippen LogP contribution in [-0.2, 0) is 14.3 Å². The minimum Gasteiger partial charge on any atom is -0.466 e. The summed E-state index contributed by atoms with van der Waals surface area (Å²) in [6, 6.07) is 0. The van der Waals surface area contributed by atoms with Crippen molar-refractivity contribution in [3.8, 4) is 0 Å². The molecular weight excluding hydrogens is 168 g/mol. The zero-order chi connectivity index (χ0) is 9.42. The maximum absolute atomic E-state index is 11.3. The van der Waals surface area contributed by atoms with Gasteiger partial charge in [0.1, 0.15) is 5.78 Å². The van der Waals surface area contributed by atoms with Crippen LogP contribution in [-0.4, -0.2) is 18.9 Å². The zero-order valence-electron chi connectivity index (χ0n) is 7.58. The summed E-state index contributed by atoms with van der Waals surface area (Å²) < 4.78 is 4.66. The number of ether oxygens (including phenoxy) is 1. The first kappa shape index (κ1) is 8.48. The summed E-state index contributed by atoms with van der Waals surface area (Å²) in [5.41, 5.74) is 0.721. The first-order chi connectivity index (χ1) is 6.22. The average Bonchev–Trinajstić information content (AvgIpc) is 2.17. The monoisotopic (exact) mass is 180 g/mol. The third-order valence-electron chi connectivity index (χ3n) is 2.93. The van der Waals surface area contributed by atoms with E-state index in [9.17, 15) is 9.59 Å². The van der Waals surface area contributed by atoms with Crippen molar-refractivity contribution in [2.24, 2.45) is 11.8 Å². The number of methoxy groups -OCH3 is 1. The number of fused-ring (bicyclic) bond motifs is 2. The molecule has 2 atom stereocenters. The third kappa shape index (κ3) is 1.28. The Balaban J connectivity index is 2.27. The number of carbonyl (C=O) groups is 2. The van der Waals surface area contributed by atoms with Gasteiger partial charge < -0.3 is 4.74 Å². The number of hydrogen-bond acceptors (Lipinski definition) is 3. The summed E-state index contributed by atoms with van der Waals surface area (Å²) in [4.78, 5) is 22.6. The summed E-state index contributed by atoms with van der Waals surface area (Å²) in [6.45, 7) is 0. The summed E-state index contributed by atoms with van der Waals surface area (Å²) in [6.07, 6.45) is 4.19. The Bertz CT molecular complexity index is 291. The lowest BCUT2D eigenvalue weighted by atomic mass is 9.71. The van der Waals surface area contributed by atoms with Gasteiger partial charge in [0.25, 0.3) is 0 Å². The van der Waals surface area contributed by atoms with Crippen molar-refractivity contribution in [2.75, 3.05) is 7.11 Å². The second kappa shape index (κ2) is 2.98. The maximum Gasteiger partial charge on any atom is 0.333 e. The molecule has 0 spiro atoms. The largest absolute Gasteiger partial charge is 0.466 e. The Morgan fingerprint density at radius 2 is 2.31 bits per heavy atom. The molecule has 0 aliphatic heterocycles. The highest BCUT2D eigenvalue weighted by Crippen LogP contribution is 2.38. The van der Waals surface area contributed by atoms with Gasteiger partial charge in [-0.05, 0) is 18.8 Å². The fraction of sp³-hybridized carbons (Fsp3) is 0.600. The molecule has 1 saturated carbocycles. The van der Waals surface area contributed by atoms with Crippen molar-refractivity contribution in [3.63, 3.8) is 0 Å². The fourth-order valence-electron chi connectivity index (χ4n) is 2.19. The van der Waals surface area contributed by atoms with Gasteiger partial charge in [0.2, 0.25) is 0 Å². The second-order valence-electron chi connectivity index (χ2n) is 3.66. The number of esters is 1. The molecule has 0 radical (unpaired) electrons. The van der Waals surface area contributed by atoms with Gasteiger partial charge in [0.05, 0.1) is 7.11 Å². The van der Waals surface area contributed by atoms with E-state index in [2.05, 4.69) is 4.74 Å². The molecule has 3 rings (SSSR count). The summed E-state index contributed by atoms with van der Waals surface area (Å²) in [5.74, 6) is 0.134. The molecule has 0 saturated heterocycles.